The maximum atomic E-state index is 12.6. The van der Waals surface area contributed by atoms with E-state index in [0.717, 1.165) is 22.0 Å². The summed E-state index contributed by atoms with van der Waals surface area (Å²) in [6, 6.07) is 22.6. The maximum Gasteiger partial charge on any atom is 0.255 e. The summed E-state index contributed by atoms with van der Waals surface area (Å²) in [6.45, 7) is 2.48. The van der Waals surface area contributed by atoms with Crippen molar-refractivity contribution in [1.29, 1.82) is 0 Å². The van der Waals surface area contributed by atoms with Crippen molar-refractivity contribution in [1.82, 2.24) is 15.6 Å². The van der Waals surface area contributed by atoms with Gasteiger partial charge in [0.25, 0.3) is 5.91 Å². The highest BCUT2D eigenvalue weighted by molar-refractivity contribution is 6.31. The van der Waals surface area contributed by atoms with Crippen LogP contribution in [0.1, 0.15) is 34.3 Å². The van der Waals surface area contributed by atoms with Gasteiger partial charge in [-0.3, -0.25) is 9.59 Å². The summed E-state index contributed by atoms with van der Waals surface area (Å²) in [4.78, 5) is 28.5. The van der Waals surface area contributed by atoms with Gasteiger partial charge >= 0.3 is 0 Å². The molecule has 1 unspecified atom stereocenters. The Hall–Kier alpha value is -3.77. The number of aromatic nitrogens is 1. The molecular weight excluding hydrogens is 450 g/mol. The van der Waals surface area contributed by atoms with Crippen LogP contribution in [0.5, 0.6) is 5.75 Å². The van der Waals surface area contributed by atoms with Crippen molar-refractivity contribution in [2.75, 3.05) is 19.7 Å². The Morgan fingerprint density at radius 1 is 0.941 bits per heavy atom. The van der Waals surface area contributed by atoms with Crippen LogP contribution in [0.15, 0.2) is 79.0 Å². The molecule has 4 rings (SSSR count). The quantitative estimate of drug-likeness (QED) is 0.322. The van der Waals surface area contributed by atoms with Crippen LogP contribution in [-0.2, 0) is 4.79 Å². The van der Waals surface area contributed by atoms with E-state index in [1.807, 2.05) is 61.7 Å². The first-order chi connectivity index (χ1) is 16.6. The molecule has 0 bridgehead atoms. The maximum absolute atomic E-state index is 12.6. The number of carbonyl (C=O) groups excluding carboxylic acids is 2. The molecule has 0 spiro atoms. The number of H-pyrrole nitrogens is 1. The molecule has 1 heterocycles. The number of aromatic amines is 1. The van der Waals surface area contributed by atoms with E-state index in [1.54, 1.807) is 24.3 Å². The van der Waals surface area contributed by atoms with E-state index in [2.05, 4.69) is 15.6 Å². The molecule has 34 heavy (non-hydrogen) atoms. The van der Waals surface area contributed by atoms with E-state index in [4.69, 9.17) is 16.3 Å². The van der Waals surface area contributed by atoms with Crippen molar-refractivity contribution < 1.29 is 14.3 Å². The van der Waals surface area contributed by atoms with Crippen molar-refractivity contribution in [3.8, 4) is 5.75 Å². The minimum absolute atomic E-state index is 0.150. The zero-order chi connectivity index (χ0) is 23.9. The molecule has 174 valence electrons. The summed E-state index contributed by atoms with van der Waals surface area (Å²) in [5.74, 6) is -0.332. The molecule has 0 aliphatic rings. The third-order valence-electron chi connectivity index (χ3n) is 5.62. The summed E-state index contributed by atoms with van der Waals surface area (Å²) in [7, 11) is 0. The van der Waals surface area contributed by atoms with Gasteiger partial charge in [0.15, 0.2) is 0 Å². The van der Waals surface area contributed by atoms with Crippen LogP contribution in [0.3, 0.4) is 0 Å². The predicted octanol–water partition coefficient (Wildman–Crippen LogP) is 4.90. The molecule has 3 aromatic carbocycles. The van der Waals surface area contributed by atoms with Crippen molar-refractivity contribution in [3.05, 3.63) is 101 Å². The molecular formula is C27H26ClN3O3. The lowest BCUT2D eigenvalue weighted by Crippen LogP contribution is -2.38. The molecule has 0 fully saturated rings. The van der Waals surface area contributed by atoms with Gasteiger partial charge in [0.05, 0.1) is 18.7 Å². The fourth-order valence-electron chi connectivity index (χ4n) is 4.00. The second-order valence-corrected chi connectivity index (χ2v) is 8.19. The van der Waals surface area contributed by atoms with Crippen molar-refractivity contribution in [2.24, 2.45) is 0 Å². The van der Waals surface area contributed by atoms with E-state index < -0.39 is 0 Å². The third kappa shape index (κ3) is 5.24. The average molecular weight is 476 g/mol. The highest BCUT2D eigenvalue weighted by atomic mass is 35.5. The Morgan fingerprint density at radius 2 is 1.68 bits per heavy atom. The van der Waals surface area contributed by atoms with Gasteiger partial charge < -0.3 is 20.4 Å². The molecule has 4 aromatic rings. The lowest BCUT2D eigenvalue weighted by molar-refractivity contribution is -0.120. The first kappa shape index (κ1) is 23.4. The number of para-hydroxylation sites is 2. The van der Waals surface area contributed by atoms with Crippen LogP contribution in [0.25, 0.3) is 10.9 Å². The molecule has 0 saturated heterocycles. The van der Waals surface area contributed by atoms with Crippen LogP contribution in [0.2, 0.25) is 5.02 Å². The number of ether oxygens (including phenoxy) is 1. The van der Waals surface area contributed by atoms with Gasteiger partial charge in [-0.05, 0) is 42.3 Å². The van der Waals surface area contributed by atoms with E-state index in [0.29, 0.717) is 29.5 Å². The SMILES string of the molecule is CCOc1ccccc1C(=O)NCC(=O)NCC(c1ccccc1Cl)c1c[nH]c2ccccc12. The Labute approximate surface area is 203 Å². The largest absolute Gasteiger partial charge is 0.493 e. The fourth-order valence-corrected chi connectivity index (χ4v) is 4.26. The molecule has 2 amide bonds. The number of nitrogens with one attached hydrogen (secondary N) is 3. The molecule has 0 aliphatic carbocycles. The van der Waals surface area contributed by atoms with Crippen LogP contribution in [-0.4, -0.2) is 36.5 Å². The van der Waals surface area contributed by atoms with Crippen molar-refractivity contribution in [3.63, 3.8) is 0 Å². The Morgan fingerprint density at radius 3 is 2.50 bits per heavy atom. The molecule has 6 nitrogen and oxygen atoms in total. The minimum atomic E-state index is -0.363. The Kier molecular flexibility index (Phi) is 7.50. The number of amides is 2. The van der Waals surface area contributed by atoms with E-state index in [9.17, 15) is 9.59 Å². The predicted molar refractivity (Wildman–Crippen MR) is 135 cm³/mol. The van der Waals surface area contributed by atoms with Gasteiger partial charge in [-0.15, -0.1) is 0 Å². The number of halogens is 1. The zero-order valence-electron chi connectivity index (χ0n) is 18.8. The second-order valence-electron chi connectivity index (χ2n) is 7.78. The summed E-state index contributed by atoms with van der Waals surface area (Å²) < 4.78 is 5.50. The molecule has 0 radical (unpaired) electrons. The first-order valence-electron chi connectivity index (χ1n) is 11.2. The smallest absolute Gasteiger partial charge is 0.255 e. The average Bonchev–Trinajstić information content (AvgIpc) is 3.28. The Balaban J connectivity index is 1.46. The number of hydrogen-bond donors (Lipinski definition) is 3. The summed E-state index contributed by atoms with van der Waals surface area (Å²) >= 11 is 6.52. The van der Waals surface area contributed by atoms with Crippen LogP contribution < -0.4 is 15.4 Å². The van der Waals surface area contributed by atoms with Gasteiger partial charge in [-0.1, -0.05) is 60.1 Å². The normalized spacial score (nSPS) is 11.7. The van der Waals surface area contributed by atoms with Gasteiger partial charge in [0, 0.05) is 34.6 Å². The van der Waals surface area contributed by atoms with Gasteiger partial charge in [-0.2, -0.15) is 0 Å². The summed E-state index contributed by atoms with van der Waals surface area (Å²) in [6.07, 6.45) is 1.96. The van der Waals surface area contributed by atoms with Crippen molar-refractivity contribution >= 4 is 34.3 Å². The monoisotopic (exact) mass is 475 g/mol. The molecule has 3 N–H and O–H groups in total. The molecule has 7 heteroatoms. The number of benzene rings is 3. The topological polar surface area (TPSA) is 83.2 Å². The summed E-state index contributed by atoms with van der Waals surface area (Å²) in [5.41, 5.74) is 3.37. The van der Waals surface area contributed by atoms with Gasteiger partial charge in [0.1, 0.15) is 5.75 Å². The lowest BCUT2D eigenvalue weighted by Gasteiger charge is -2.19. The minimum Gasteiger partial charge on any atom is -0.493 e. The van der Waals surface area contributed by atoms with Crippen LogP contribution in [0.4, 0.5) is 0 Å². The fraction of sp³-hybridized carbons (Fsp3) is 0.185. The summed E-state index contributed by atoms with van der Waals surface area (Å²) in [5, 5.41) is 7.33. The zero-order valence-corrected chi connectivity index (χ0v) is 19.6. The molecule has 1 atom stereocenters. The van der Waals surface area contributed by atoms with E-state index in [-0.39, 0.29) is 24.3 Å². The third-order valence-corrected chi connectivity index (χ3v) is 5.97. The van der Waals surface area contributed by atoms with Gasteiger partial charge in [-0.25, -0.2) is 0 Å². The number of rotatable bonds is 9. The first-order valence-corrected chi connectivity index (χ1v) is 11.5. The molecule has 1 aromatic heterocycles. The molecule has 0 saturated carbocycles. The second kappa shape index (κ2) is 10.9. The molecule has 0 aliphatic heterocycles. The van der Waals surface area contributed by atoms with E-state index in [1.165, 1.54) is 0 Å². The highest BCUT2D eigenvalue weighted by Crippen LogP contribution is 2.34. The highest BCUT2D eigenvalue weighted by Gasteiger charge is 2.21. The number of carbonyl (C=O) groups is 2. The Bertz CT molecular complexity index is 1300. The number of fused-ring (bicyclic) bond motifs is 1. The van der Waals surface area contributed by atoms with Crippen LogP contribution in [0, 0.1) is 0 Å². The number of hydrogen-bond acceptors (Lipinski definition) is 3. The van der Waals surface area contributed by atoms with E-state index >= 15 is 0 Å². The lowest BCUT2D eigenvalue weighted by atomic mass is 9.90. The standard InChI is InChI=1S/C27H26ClN3O3/c1-2-34-25-14-8-5-11-20(25)27(33)31-17-26(32)30-16-21(18-9-3-6-12-23(18)28)22-15-29-24-13-7-4-10-19(22)24/h3-15,21,29H,2,16-17H2,1H3,(H,30,32)(H,31,33). The van der Waals surface area contributed by atoms with Crippen molar-refractivity contribution in [2.45, 2.75) is 12.8 Å². The van der Waals surface area contributed by atoms with Gasteiger partial charge in [0.2, 0.25) is 5.91 Å². The van der Waals surface area contributed by atoms with Crippen LogP contribution >= 0.6 is 11.6 Å².